The lowest BCUT2D eigenvalue weighted by Crippen LogP contribution is -2.46. The van der Waals surface area contributed by atoms with Crippen molar-refractivity contribution in [1.82, 2.24) is 15.2 Å². The first-order chi connectivity index (χ1) is 16.3. The quantitative estimate of drug-likeness (QED) is 0.651. The van der Waals surface area contributed by atoms with E-state index in [9.17, 15) is 13.2 Å². The summed E-state index contributed by atoms with van der Waals surface area (Å²) >= 11 is 0. The summed E-state index contributed by atoms with van der Waals surface area (Å²) in [6.45, 7) is 10.0. The number of piperazine rings is 1. The second-order valence-electron chi connectivity index (χ2n) is 9.50. The molecule has 1 aromatic carbocycles. The summed E-state index contributed by atoms with van der Waals surface area (Å²) in [6.07, 6.45) is 4.57. The third-order valence-electron chi connectivity index (χ3n) is 6.69. The highest BCUT2D eigenvalue weighted by Gasteiger charge is 2.29. The average Bonchev–Trinajstić information content (AvgIpc) is 2.84. The highest BCUT2D eigenvalue weighted by atomic mass is 32.2. The Kier molecular flexibility index (Phi) is 7.42. The standard InChI is InChI=1S/C25H35N5O3S/c1-18(2)20-7-9-22(10-8-20)34(32,33)28-21-16-23(25(31)30-13-5-4-6-19(30)3)24(27-17-21)29-14-11-26-12-15-29/h7-10,16-19,26,28H,4-6,11-15H2,1-3H3. The number of likely N-dealkylation sites (tertiary alicyclic amines) is 1. The van der Waals surface area contributed by atoms with Gasteiger partial charge in [-0.15, -0.1) is 0 Å². The number of hydrogen-bond donors (Lipinski definition) is 2. The maximum Gasteiger partial charge on any atom is 0.261 e. The highest BCUT2D eigenvalue weighted by molar-refractivity contribution is 7.92. The van der Waals surface area contributed by atoms with Gasteiger partial charge in [-0.2, -0.15) is 0 Å². The molecule has 0 bridgehead atoms. The largest absolute Gasteiger partial charge is 0.353 e. The predicted molar refractivity (Wildman–Crippen MR) is 135 cm³/mol. The topological polar surface area (TPSA) is 94.6 Å². The van der Waals surface area contributed by atoms with E-state index in [2.05, 4.69) is 40.7 Å². The SMILES string of the molecule is CC(C)c1ccc(S(=O)(=O)Nc2cnc(N3CCNCC3)c(C(=O)N3CCCCC3C)c2)cc1. The Labute approximate surface area is 202 Å². The van der Waals surface area contributed by atoms with Crippen molar-refractivity contribution in [3.05, 3.63) is 47.7 Å². The smallest absolute Gasteiger partial charge is 0.261 e. The molecule has 184 valence electrons. The van der Waals surface area contributed by atoms with Crippen LogP contribution in [0.15, 0.2) is 41.4 Å². The van der Waals surface area contributed by atoms with Crippen LogP contribution in [0.2, 0.25) is 0 Å². The lowest BCUT2D eigenvalue weighted by molar-refractivity contribution is 0.0636. The average molecular weight is 486 g/mol. The fraction of sp³-hybridized carbons (Fsp3) is 0.520. The summed E-state index contributed by atoms with van der Waals surface area (Å²) in [5.41, 5.74) is 1.82. The zero-order valence-corrected chi connectivity index (χ0v) is 21.1. The Balaban J connectivity index is 1.65. The molecule has 2 fully saturated rings. The van der Waals surface area contributed by atoms with E-state index in [0.29, 0.717) is 29.5 Å². The van der Waals surface area contributed by atoms with Crippen LogP contribution in [-0.4, -0.2) is 63.0 Å². The van der Waals surface area contributed by atoms with Gasteiger partial charge >= 0.3 is 0 Å². The summed E-state index contributed by atoms with van der Waals surface area (Å²) in [5, 5.41) is 3.32. The molecule has 0 saturated carbocycles. The van der Waals surface area contributed by atoms with Crippen LogP contribution in [0.1, 0.15) is 61.9 Å². The third kappa shape index (κ3) is 5.36. The Morgan fingerprint density at radius 2 is 1.82 bits per heavy atom. The molecule has 1 amide bonds. The molecule has 2 aliphatic rings. The minimum Gasteiger partial charge on any atom is -0.353 e. The number of nitrogens with one attached hydrogen (secondary N) is 2. The van der Waals surface area contributed by atoms with Gasteiger partial charge in [0.25, 0.3) is 15.9 Å². The molecule has 1 unspecified atom stereocenters. The Hall–Kier alpha value is -2.65. The number of nitrogens with zero attached hydrogens (tertiary/aromatic N) is 3. The van der Waals surface area contributed by atoms with Crippen molar-refractivity contribution in [1.29, 1.82) is 0 Å². The second-order valence-corrected chi connectivity index (χ2v) is 11.2. The zero-order chi connectivity index (χ0) is 24.3. The molecule has 9 heteroatoms. The fourth-order valence-electron chi connectivity index (χ4n) is 4.60. The lowest BCUT2D eigenvalue weighted by atomic mass is 10.0. The molecule has 4 rings (SSSR count). The number of benzene rings is 1. The number of sulfonamides is 1. The van der Waals surface area contributed by atoms with Gasteiger partial charge in [-0.05, 0) is 55.9 Å². The number of carbonyl (C=O) groups is 1. The van der Waals surface area contributed by atoms with Crippen LogP contribution in [0.5, 0.6) is 0 Å². The predicted octanol–water partition coefficient (Wildman–Crippen LogP) is 3.43. The molecule has 1 aromatic heterocycles. The number of piperidine rings is 1. The summed E-state index contributed by atoms with van der Waals surface area (Å²) in [4.78, 5) is 22.4. The van der Waals surface area contributed by atoms with E-state index in [0.717, 1.165) is 51.0 Å². The van der Waals surface area contributed by atoms with E-state index >= 15 is 0 Å². The Morgan fingerprint density at radius 1 is 1.12 bits per heavy atom. The first-order valence-corrected chi connectivity index (χ1v) is 13.6. The molecule has 2 N–H and O–H groups in total. The van der Waals surface area contributed by atoms with Crippen molar-refractivity contribution < 1.29 is 13.2 Å². The van der Waals surface area contributed by atoms with Crippen molar-refractivity contribution >= 4 is 27.4 Å². The van der Waals surface area contributed by atoms with E-state index < -0.39 is 10.0 Å². The number of anilines is 2. The fourth-order valence-corrected chi connectivity index (χ4v) is 5.63. The van der Waals surface area contributed by atoms with E-state index in [4.69, 9.17) is 0 Å². The van der Waals surface area contributed by atoms with Crippen molar-refractivity contribution in [2.45, 2.75) is 56.9 Å². The monoisotopic (exact) mass is 485 g/mol. The first-order valence-electron chi connectivity index (χ1n) is 12.2. The first kappa shape index (κ1) is 24.5. The van der Waals surface area contributed by atoms with Crippen molar-refractivity contribution in [3.63, 3.8) is 0 Å². The van der Waals surface area contributed by atoms with Gasteiger partial charge in [0.2, 0.25) is 0 Å². The van der Waals surface area contributed by atoms with Gasteiger partial charge in [0.15, 0.2) is 0 Å². The van der Waals surface area contributed by atoms with E-state index in [-0.39, 0.29) is 16.8 Å². The van der Waals surface area contributed by atoms with Gasteiger partial charge in [0.1, 0.15) is 5.82 Å². The number of rotatable bonds is 6. The summed E-state index contributed by atoms with van der Waals surface area (Å²) in [5.74, 6) is 0.848. The van der Waals surface area contributed by atoms with Crippen LogP contribution < -0.4 is 14.9 Å². The number of amides is 1. The molecule has 0 spiro atoms. The van der Waals surface area contributed by atoms with Crippen LogP contribution in [0.3, 0.4) is 0 Å². The van der Waals surface area contributed by atoms with Gasteiger partial charge in [-0.1, -0.05) is 26.0 Å². The molecular weight excluding hydrogens is 450 g/mol. The number of pyridine rings is 1. The molecule has 0 radical (unpaired) electrons. The summed E-state index contributed by atoms with van der Waals surface area (Å²) in [7, 11) is -3.81. The van der Waals surface area contributed by atoms with Gasteiger partial charge in [0, 0.05) is 38.8 Å². The summed E-state index contributed by atoms with van der Waals surface area (Å²) < 4.78 is 28.7. The second kappa shape index (κ2) is 10.3. The van der Waals surface area contributed by atoms with Crippen LogP contribution in [-0.2, 0) is 10.0 Å². The molecule has 2 aliphatic heterocycles. The lowest BCUT2D eigenvalue weighted by Gasteiger charge is -2.35. The summed E-state index contributed by atoms with van der Waals surface area (Å²) in [6, 6.07) is 8.68. The molecule has 0 aliphatic carbocycles. The van der Waals surface area contributed by atoms with Crippen LogP contribution in [0.25, 0.3) is 0 Å². The normalized spacial score (nSPS) is 19.4. The molecule has 3 heterocycles. The van der Waals surface area contributed by atoms with Crippen LogP contribution >= 0.6 is 0 Å². The van der Waals surface area contributed by atoms with Crippen molar-refractivity contribution in [3.8, 4) is 0 Å². The molecule has 2 aromatic rings. The highest BCUT2D eigenvalue weighted by Crippen LogP contribution is 2.28. The molecule has 34 heavy (non-hydrogen) atoms. The van der Waals surface area contributed by atoms with Crippen molar-refractivity contribution in [2.75, 3.05) is 42.3 Å². The molecule has 8 nitrogen and oxygen atoms in total. The van der Waals surface area contributed by atoms with Gasteiger partial charge in [-0.3, -0.25) is 9.52 Å². The minimum absolute atomic E-state index is 0.0874. The Bertz CT molecular complexity index is 1110. The minimum atomic E-state index is -3.81. The van der Waals surface area contributed by atoms with E-state index in [1.807, 2.05) is 17.0 Å². The van der Waals surface area contributed by atoms with Crippen LogP contribution in [0.4, 0.5) is 11.5 Å². The van der Waals surface area contributed by atoms with E-state index in [1.54, 1.807) is 18.2 Å². The number of carbonyl (C=O) groups excluding carboxylic acids is 1. The molecular formula is C25H35N5O3S. The van der Waals surface area contributed by atoms with Gasteiger partial charge in [-0.25, -0.2) is 13.4 Å². The number of hydrogen-bond acceptors (Lipinski definition) is 6. The maximum atomic E-state index is 13.6. The molecule has 1 atom stereocenters. The van der Waals surface area contributed by atoms with Gasteiger partial charge in [0.05, 0.1) is 22.3 Å². The number of aromatic nitrogens is 1. The Morgan fingerprint density at radius 3 is 2.47 bits per heavy atom. The van der Waals surface area contributed by atoms with Crippen molar-refractivity contribution in [2.24, 2.45) is 0 Å². The van der Waals surface area contributed by atoms with Gasteiger partial charge < -0.3 is 15.1 Å². The van der Waals surface area contributed by atoms with Crippen LogP contribution in [0, 0.1) is 0 Å². The maximum absolute atomic E-state index is 13.6. The third-order valence-corrected chi connectivity index (χ3v) is 8.08. The van der Waals surface area contributed by atoms with E-state index in [1.165, 1.54) is 6.20 Å². The zero-order valence-electron chi connectivity index (χ0n) is 20.3. The molecule has 2 saturated heterocycles.